The van der Waals surface area contributed by atoms with Crippen LogP contribution in [-0.2, 0) is 4.79 Å². The molecule has 0 spiro atoms. The molecule has 1 aliphatic heterocycles. The summed E-state index contributed by atoms with van der Waals surface area (Å²) in [5, 5.41) is 14.9. The summed E-state index contributed by atoms with van der Waals surface area (Å²) in [5.41, 5.74) is -0.503. The number of nitrogens with one attached hydrogen (secondary N) is 2. The van der Waals surface area contributed by atoms with Crippen LogP contribution in [0.4, 0.5) is 4.79 Å². The molecule has 0 radical (unpaired) electrons. The van der Waals surface area contributed by atoms with Crippen molar-refractivity contribution in [3.05, 3.63) is 0 Å². The van der Waals surface area contributed by atoms with Crippen molar-refractivity contribution in [2.45, 2.75) is 51.1 Å². The van der Waals surface area contributed by atoms with Gasteiger partial charge in [0.05, 0.1) is 0 Å². The van der Waals surface area contributed by atoms with Crippen molar-refractivity contribution in [1.82, 2.24) is 15.5 Å². The molecule has 0 aromatic carbocycles. The molecular weight excluding hydrogens is 246 g/mol. The SMILES string of the molecule is CN(C(=O)NC(C)(C)CCC(=O)O)C1CCNCC1. The Kier molecular flexibility index (Phi) is 5.60. The number of aliphatic carboxylic acids is 1. The lowest BCUT2D eigenvalue weighted by Crippen LogP contribution is -2.53. The molecule has 1 saturated heterocycles. The minimum absolute atomic E-state index is 0.0599. The highest BCUT2D eigenvalue weighted by Crippen LogP contribution is 2.14. The summed E-state index contributed by atoms with van der Waals surface area (Å²) in [4.78, 5) is 24.5. The van der Waals surface area contributed by atoms with Crippen LogP contribution in [0, 0.1) is 0 Å². The molecule has 0 bridgehead atoms. The molecule has 2 amide bonds. The third kappa shape index (κ3) is 5.46. The van der Waals surface area contributed by atoms with Crippen molar-refractivity contribution < 1.29 is 14.7 Å². The third-order valence-corrected chi connectivity index (χ3v) is 3.59. The topological polar surface area (TPSA) is 81.7 Å². The van der Waals surface area contributed by atoms with Gasteiger partial charge in [-0.3, -0.25) is 4.79 Å². The second-order valence-corrected chi connectivity index (χ2v) is 5.80. The van der Waals surface area contributed by atoms with Gasteiger partial charge in [-0.25, -0.2) is 4.79 Å². The highest BCUT2D eigenvalue weighted by molar-refractivity contribution is 5.75. The predicted molar refractivity (Wildman–Crippen MR) is 73.1 cm³/mol. The van der Waals surface area contributed by atoms with Gasteiger partial charge in [0, 0.05) is 25.0 Å². The third-order valence-electron chi connectivity index (χ3n) is 3.59. The molecule has 19 heavy (non-hydrogen) atoms. The maximum absolute atomic E-state index is 12.1. The second-order valence-electron chi connectivity index (χ2n) is 5.80. The molecule has 0 unspecified atom stereocenters. The van der Waals surface area contributed by atoms with Gasteiger partial charge in [-0.15, -0.1) is 0 Å². The van der Waals surface area contributed by atoms with Gasteiger partial charge < -0.3 is 20.6 Å². The summed E-state index contributed by atoms with van der Waals surface area (Å²) in [6, 6.07) is 0.138. The quantitative estimate of drug-likeness (QED) is 0.697. The van der Waals surface area contributed by atoms with Crippen LogP contribution in [-0.4, -0.2) is 53.7 Å². The molecule has 0 saturated carbocycles. The zero-order valence-corrected chi connectivity index (χ0v) is 12.0. The number of hydrogen-bond donors (Lipinski definition) is 3. The van der Waals surface area contributed by atoms with E-state index in [4.69, 9.17) is 5.11 Å². The van der Waals surface area contributed by atoms with Crippen molar-refractivity contribution in [2.24, 2.45) is 0 Å². The van der Waals surface area contributed by atoms with Gasteiger partial charge in [-0.05, 0) is 46.2 Å². The number of amides is 2. The van der Waals surface area contributed by atoms with E-state index < -0.39 is 11.5 Å². The molecule has 1 rings (SSSR count). The van der Waals surface area contributed by atoms with Crippen molar-refractivity contribution in [3.63, 3.8) is 0 Å². The van der Waals surface area contributed by atoms with E-state index in [-0.39, 0.29) is 18.5 Å². The molecule has 1 aliphatic rings. The Hall–Kier alpha value is -1.30. The molecule has 0 aromatic heterocycles. The first-order chi connectivity index (χ1) is 8.82. The number of nitrogens with zero attached hydrogens (tertiary/aromatic N) is 1. The summed E-state index contributed by atoms with van der Waals surface area (Å²) < 4.78 is 0. The normalized spacial score (nSPS) is 17.0. The number of rotatable bonds is 5. The van der Waals surface area contributed by atoms with Crippen LogP contribution in [0.25, 0.3) is 0 Å². The number of carboxylic acids is 1. The molecule has 0 aromatic rings. The Morgan fingerprint density at radius 3 is 2.47 bits per heavy atom. The van der Waals surface area contributed by atoms with Crippen molar-refractivity contribution in [1.29, 1.82) is 0 Å². The van der Waals surface area contributed by atoms with Crippen LogP contribution in [0.15, 0.2) is 0 Å². The van der Waals surface area contributed by atoms with Gasteiger partial charge in [0.15, 0.2) is 0 Å². The summed E-state index contributed by atoms with van der Waals surface area (Å²) in [5.74, 6) is -0.839. The maximum atomic E-state index is 12.1. The van der Waals surface area contributed by atoms with E-state index >= 15 is 0 Å². The van der Waals surface area contributed by atoms with Gasteiger partial charge in [0.25, 0.3) is 0 Å². The van der Waals surface area contributed by atoms with Crippen LogP contribution in [0.1, 0.15) is 39.5 Å². The summed E-state index contributed by atoms with van der Waals surface area (Å²) in [6.07, 6.45) is 2.40. The van der Waals surface area contributed by atoms with Gasteiger partial charge >= 0.3 is 12.0 Å². The number of carbonyl (C=O) groups excluding carboxylic acids is 1. The molecule has 0 atom stereocenters. The fourth-order valence-electron chi connectivity index (χ4n) is 2.22. The molecule has 1 heterocycles. The Morgan fingerprint density at radius 1 is 1.37 bits per heavy atom. The summed E-state index contributed by atoms with van der Waals surface area (Å²) in [7, 11) is 1.80. The van der Waals surface area contributed by atoms with E-state index in [9.17, 15) is 9.59 Å². The summed E-state index contributed by atoms with van der Waals surface area (Å²) >= 11 is 0. The lowest BCUT2D eigenvalue weighted by Gasteiger charge is -2.35. The maximum Gasteiger partial charge on any atom is 0.317 e. The number of hydrogen-bond acceptors (Lipinski definition) is 3. The average Bonchev–Trinajstić information content (AvgIpc) is 2.36. The van der Waals surface area contributed by atoms with E-state index in [1.165, 1.54) is 0 Å². The van der Waals surface area contributed by atoms with E-state index in [2.05, 4.69) is 10.6 Å². The summed E-state index contributed by atoms with van der Waals surface area (Å²) in [6.45, 7) is 5.57. The standard InChI is InChI=1S/C13H25N3O3/c1-13(2,7-4-11(17)18)15-12(19)16(3)10-5-8-14-9-6-10/h10,14H,4-9H2,1-3H3,(H,15,19)(H,17,18). The molecule has 1 fully saturated rings. The van der Waals surface area contributed by atoms with Crippen LogP contribution >= 0.6 is 0 Å². The Morgan fingerprint density at radius 2 is 1.95 bits per heavy atom. The van der Waals surface area contributed by atoms with E-state index in [1.54, 1.807) is 11.9 Å². The molecule has 6 heteroatoms. The minimum Gasteiger partial charge on any atom is -0.481 e. The lowest BCUT2D eigenvalue weighted by molar-refractivity contribution is -0.137. The van der Waals surface area contributed by atoms with E-state index in [1.807, 2.05) is 13.8 Å². The minimum atomic E-state index is -0.839. The molecule has 6 nitrogen and oxygen atoms in total. The second kappa shape index (κ2) is 6.75. The number of piperidine rings is 1. The first kappa shape index (κ1) is 15.8. The molecule has 3 N–H and O–H groups in total. The molecular formula is C13H25N3O3. The van der Waals surface area contributed by atoms with Crippen LogP contribution in [0.5, 0.6) is 0 Å². The zero-order valence-electron chi connectivity index (χ0n) is 12.0. The predicted octanol–water partition coefficient (Wildman–Crippen LogP) is 1.02. The highest BCUT2D eigenvalue weighted by Gasteiger charge is 2.27. The number of carbonyl (C=O) groups is 2. The van der Waals surface area contributed by atoms with Crippen molar-refractivity contribution in [2.75, 3.05) is 20.1 Å². The number of carboxylic acid groups (broad SMARTS) is 1. The van der Waals surface area contributed by atoms with Gasteiger partial charge in [-0.2, -0.15) is 0 Å². The van der Waals surface area contributed by atoms with Crippen LogP contribution in [0.2, 0.25) is 0 Å². The first-order valence-corrected chi connectivity index (χ1v) is 6.79. The Bertz CT molecular complexity index is 325. The Balaban J connectivity index is 2.45. The first-order valence-electron chi connectivity index (χ1n) is 6.79. The van der Waals surface area contributed by atoms with Crippen LogP contribution < -0.4 is 10.6 Å². The zero-order chi connectivity index (χ0) is 14.5. The lowest BCUT2D eigenvalue weighted by atomic mass is 9.98. The fraction of sp³-hybridized carbons (Fsp3) is 0.846. The largest absolute Gasteiger partial charge is 0.481 e. The van der Waals surface area contributed by atoms with Gasteiger partial charge in [0.2, 0.25) is 0 Å². The average molecular weight is 271 g/mol. The monoisotopic (exact) mass is 271 g/mol. The van der Waals surface area contributed by atoms with E-state index in [0.717, 1.165) is 25.9 Å². The van der Waals surface area contributed by atoms with Gasteiger partial charge in [-0.1, -0.05) is 0 Å². The van der Waals surface area contributed by atoms with Crippen LogP contribution in [0.3, 0.4) is 0 Å². The molecule has 110 valence electrons. The number of urea groups is 1. The smallest absolute Gasteiger partial charge is 0.317 e. The van der Waals surface area contributed by atoms with Gasteiger partial charge in [0.1, 0.15) is 0 Å². The van der Waals surface area contributed by atoms with Crippen molar-refractivity contribution >= 4 is 12.0 Å². The highest BCUT2D eigenvalue weighted by atomic mass is 16.4. The van der Waals surface area contributed by atoms with Crippen molar-refractivity contribution in [3.8, 4) is 0 Å². The Labute approximate surface area is 114 Å². The molecule has 0 aliphatic carbocycles. The fourth-order valence-corrected chi connectivity index (χ4v) is 2.22. The van der Waals surface area contributed by atoms with E-state index in [0.29, 0.717) is 6.42 Å².